The van der Waals surface area contributed by atoms with Gasteiger partial charge in [0.15, 0.2) is 0 Å². The topological polar surface area (TPSA) is 42.7 Å². The third kappa shape index (κ3) is 2.71. The number of aromatic nitrogens is 3. The third-order valence-electron chi connectivity index (χ3n) is 2.70. The molecule has 2 aromatic rings. The lowest BCUT2D eigenvalue weighted by molar-refractivity contribution is 0.545. The molecule has 1 N–H and O–H groups in total. The summed E-state index contributed by atoms with van der Waals surface area (Å²) < 4.78 is 2.03. The number of imidazole rings is 1. The summed E-state index contributed by atoms with van der Waals surface area (Å²) in [5.74, 6) is 0.997. The minimum absolute atomic E-state index is 0.0659. The van der Waals surface area contributed by atoms with E-state index in [1.807, 2.05) is 48.4 Å². The number of hydrogen-bond donors (Lipinski definition) is 1. The molecular weight excluding hydrogens is 212 g/mol. The second kappa shape index (κ2) is 5.59. The van der Waals surface area contributed by atoms with Gasteiger partial charge < -0.3 is 9.88 Å². The first-order valence-electron chi connectivity index (χ1n) is 5.94. The fourth-order valence-electron chi connectivity index (χ4n) is 1.82. The van der Waals surface area contributed by atoms with Crippen LogP contribution in [0.1, 0.15) is 30.9 Å². The zero-order valence-corrected chi connectivity index (χ0v) is 10.3. The van der Waals surface area contributed by atoms with Crippen LogP contribution in [0.3, 0.4) is 0 Å². The van der Waals surface area contributed by atoms with Crippen LogP contribution < -0.4 is 5.32 Å². The summed E-state index contributed by atoms with van der Waals surface area (Å²) in [5, 5.41) is 3.48. The summed E-state index contributed by atoms with van der Waals surface area (Å²) in [6, 6.07) is 6.03. The Kier molecular flexibility index (Phi) is 3.88. The van der Waals surface area contributed by atoms with Crippen LogP contribution in [-0.4, -0.2) is 21.1 Å². The molecule has 0 aliphatic rings. The van der Waals surface area contributed by atoms with Gasteiger partial charge in [0.25, 0.3) is 0 Å². The number of rotatable bonds is 5. The lowest BCUT2D eigenvalue weighted by Crippen LogP contribution is -2.26. The molecule has 1 unspecified atom stereocenters. The highest BCUT2D eigenvalue weighted by atomic mass is 15.1. The standard InChI is InChI=1S/C13H18N4/c1-3-7-15-12(11-6-4-5-8-14-11)13-16-9-10-17(13)2/h4-6,8-10,12,15H,3,7H2,1-2H3. The van der Waals surface area contributed by atoms with Crippen LogP contribution in [0.5, 0.6) is 0 Å². The van der Waals surface area contributed by atoms with Crippen LogP contribution in [0.2, 0.25) is 0 Å². The molecule has 0 aromatic carbocycles. The lowest BCUT2D eigenvalue weighted by Gasteiger charge is -2.17. The predicted molar refractivity (Wildman–Crippen MR) is 67.6 cm³/mol. The molecule has 1 atom stereocenters. The van der Waals surface area contributed by atoms with Crippen molar-refractivity contribution in [2.45, 2.75) is 19.4 Å². The molecule has 0 bridgehead atoms. The van der Waals surface area contributed by atoms with Crippen molar-refractivity contribution in [3.05, 3.63) is 48.3 Å². The predicted octanol–water partition coefficient (Wildman–Crippen LogP) is 1.90. The largest absolute Gasteiger partial charge is 0.336 e. The normalized spacial score (nSPS) is 12.6. The van der Waals surface area contributed by atoms with Crippen LogP contribution in [0.25, 0.3) is 0 Å². The monoisotopic (exact) mass is 230 g/mol. The lowest BCUT2D eigenvalue weighted by atomic mass is 10.1. The summed E-state index contributed by atoms with van der Waals surface area (Å²) in [4.78, 5) is 8.82. The van der Waals surface area contributed by atoms with Gasteiger partial charge in [-0.2, -0.15) is 0 Å². The molecule has 0 fully saturated rings. The summed E-state index contributed by atoms with van der Waals surface area (Å²) in [6.45, 7) is 3.11. The molecular formula is C13H18N4. The highest BCUT2D eigenvalue weighted by Gasteiger charge is 2.17. The van der Waals surface area contributed by atoms with Gasteiger partial charge in [-0.1, -0.05) is 13.0 Å². The van der Waals surface area contributed by atoms with E-state index in [2.05, 4.69) is 22.2 Å². The van der Waals surface area contributed by atoms with Crippen molar-refractivity contribution in [1.29, 1.82) is 0 Å². The Morgan fingerprint density at radius 1 is 1.29 bits per heavy atom. The van der Waals surface area contributed by atoms with Crippen molar-refractivity contribution in [3.8, 4) is 0 Å². The van der Waals surface area contributed by atoms with Crippen molar-refractivity contribution >= 4 is 0 Å². The van der Waals surface area contributed by atoms with E-state index < -0.39 is 0 Å². The SMILES string of the molecule is CCCNC(c1ccccn1)c1nccn1C. The molecule has 4 nitrogen and oxygen atoms in total. The zero-order chi connectivity index (χ0) is 12.1. The number of nitrogens with zero attached hydrogens (tertiary/aromatic N) is 3. The van der Waals surface area contributed by atoms with E-state index in [1.54, 1.807) is 0 Å². The van der Waals surface area contributed by atoms with Crippen molar-refractivity contribution in [3.63, 3.8) is 0 Å². The minimum Gasteiger partial charge on any atom is -0.336 e. The zero-order valence-electron chi connectivity index (χ0n) is 10.3. The van der Waals surface area contributed by atoms with E-state index in [4.69, 9.17) is 0 Å². The van der Waals surface area contributed by atoms with E-state index >= 15 is 0 Å². The molecule has 2 rings (SSSR count). The maximum absolute atomic E-state index is 4.41. The molecule has 2 aromatic heterocycles. The van der Waals surface area contributed by atoms with Gasteiger partial charge in [-0.15, -0.1) is 0 Å². The van der Waals surface area contributed by atoms with Gasteiger partial charge in [-0.25, -0.2) is 4.98 Å². The number of aryl methyl sites for hydroxylation is 1. The van der Waals surface area contributed by atoms with Gasteiger partial charge in [0.05, 0.1) is 5.69 Å². The van der Waals surface area contributed by atoms with Crippen LogP contribution in [-0.2, 0) is 7.05 Å². The Hall–Kier alpha value is -1.68. The third-order valence-corrected chi connectivity index (χ3v) is 2.70. The molecule has 17 heavy (non-hydrogen) atoms. The second-order valence-electron chi connectivity index (χ2n) is 4.04. The maximum Gasteiger partial charge on any atom is 0.131 e. The Balaban J connectivity index is 2.29. The van der Waals surface area contributed by atoms with Crippen LogP contribution in [0, 0.1) is 0 Å². The van der Waals surface area contributed by atoms with Crippen molar-refractivity contribution in [2.24, 2.45) is 7.05 Å². The molecule has 2 heterocycles. The number of nitrogens with one attached hydrogen (secondary N) is 1. The first kappa shape index (κ1) is 11.8. The smallest absolute Gasteiger partial charge is 0.131 e. The van der Waals surface area contributed by atoms with Gasteiger partial charge in [0.2, 0.25) is 0 Å². The molecule has 0 amide bonds. The Bertz CT molecular complexity index is 449. The van der Waals surface area contributed by atoms with E-state index in [-0.39, 0.29) is 6.04 Å². The summed E-state index contributed by atoms with van der Waals surface area (Å²) in [5.41, 5.74) is 1.01. The Morgan fingerprint density at radius 3 is 2.76 bits per heavy atom. The molecule has 90 valence electrons. The number of hydrogen-bond acceptors (Lipinski definition) is 3. The quantitative estimate of drug-likeness (QED) is 0.853. The highest BCUT2D eigenvalue weighted by molar-refractivity contribution is 5.17. The van der Waals surface area contributed by atoms with Crippen molar-refractivity contribution in [1.82, 2.24) is 19.9 Å². The van der Waals surface area contributed by atoms with Crippen LogP contribution >= 0.6 is 0 Å². The van der Waals surface area contributed by atoms with Crippen LogP contribution in [0.15, 0.2) is 36.8 Å². The minimum atomic E-state index is 0.0659. The average molecular weight is 230 g/mol. The summed E-state index contributed by atoms with van der Waals surface area (Å²) in [6.07, 6.45) is 6.68. The molecule has 0 aliphatic carbocycles. The highest BCUT2D eigenvalue weighted by Crippen LogP contribution is 2.17. The molecule has 0 radical (unpaired) electrons. The van der Waals surface area contributed by atoms with E-state index in [0.29, 0.717) is 0 Å². The van der Waals surface area contributed by atoms with Gasteiger partial charge in [0, 0.05) is 25.6 Å². The first-order valence-corrected chi connectivity index (χ1v) is 5.94. The van der Waals surface area contributed by atoms with Crippen molar-refractivity contribution < 1.29 is 0 Å². The average Bonchev–Trinajstić information content (AvgIpc) is 2.78. The Labute approximate surface area is 102 Å². The summed E-state index contributed by atoms with van der Waals surface area (Å²) >= 11 is 0. The fraction of sp³-hybridized carbons (Fsp3) is 0.385. The molecule has 0 aliphatic heterocycles. The van der Waals surface area contributed by atoms with Gasteiger partial charge in [-0.3, -0.25) is 4.98 Å². The molecule has 0 spiro atoms. The van der Waals surface area contributed by atoms with Gasteiger partial charge in [0.1, 0.15) is 11.9 Å². The first-order chi connectivity index (χ1) is 8.33. The number of pyridine rings is 1. The van der Waals surface area contributed by atoms with Crippen LogP contribution in [0.4, 0.5) is 0 Å². The van der Waals surface area contributed by atoms with E-state index in [0.717, 1.165) is 24.5 Å². The fourth-order valence-corrected chi connectivity index (χ4v) is 1.82. The van der Waals surface area contributed by atoms with Gasteiger partial charge >= 0.3 is 0 Å². The maximum atomic E-state index is 4.41. The molecule has 4 heteroatoms. The van der Waals surface area contributed by atoms with E-state index in [9.17, 15) is 0 Å². The van der Waals surface area contributed by atoms with Gasteiger partial charge in [-0.05, 0) is 25.1 Å². The summed E-state index contributed by atoms with van der Waals surface area (Å²) in [7, 11) is 2.01. The second-order valence-corrected chi connectivity index (χ2v) is 4.04. The Morgan fingerprint density at radius 2 is 2.18 bits per heavy atom. The van der Waals surface area contributed by atoms with Crippen molar-refractivity contribution in [2.75, 3.05) is 6.54 Å². The molecule has 0 saturated carbocycles. The van der Waals surface area contributed by atoms with E-state index in [1.165, 1.54) is 0 Å². The molecule has 0 saturated heterocycles.